The highest BCUT2D eigenvalue weighted by molar-refractivity contribution is 5.94. The van der Waals surface area contributed by atoms with Gasteiger partial charge in [0.2, 0.25) is 0 Å². The maximum Gasteiger partial charge on any atom is 0.254 e. The third-order valence-electron chi connectivity index (χ3n) is 4.35. The average Bonchev–Trinajstić information content (AvgIpc) is 3.19. The molecule has 1 aliphatic heterocycles. The second kappa shape index (κ2) is 5.70. The highest BCUT2D eigenvalue weighted by Gasteiger charge is 2.33. The van der Waals surface area contributed by atoms with Crippen LogP contribution < -0.4 is 0 Å². The van der Waals surface area contributed by atoms with E-state index in [1.165, 1.54) is 0 Å². The molecule has 1 fully saturated rings. The van der Waals surface area contributed by atoms with Gasteiger partial charge in [-0.2, -0.15) is 0 Å². The summed E-state index contributed by atoms with van der Waals surface area (Å²) in [5.41, 5.74) is 1.77. The van der Waals surface area contributed by atoms with Gasteiger partial charge < -0.3 is 9.88 Å². The largest absolute Gasteiger partial charge is 0.340 e. The van der Waals surface area contributed by atoms with Crippen molar-refractivity contribution in [1.29, 1.82) is 0 Å². The van der Waals surface area contributed by atoms with Crippen LogP contribution in [0.25, 0.3) is 11.0 Å². The van der Waals surface area contributed by atoms with Gasteiger partial charge in [0.1, 0.15) is 17.5 Å². The molecule has 1 unspecified atom stereocenters. The van der Waals surface area contributed by atoms with E-state index < -0.39 is 11.6 Å². The standard InChI is InChI=1S/C18H15F2N3O/c19-12-8-11(9-13(20)10-12)18(24)23-7-3-6-16(23)17-21-14-4-1-2-5-15(14)22-17/h1-2,4-5,8-10,16H,3,6-7H2,(H,21,22). The van der Waals surface area contributed by atoms with E-state index in [1.807, 2.05) is 24.3 Å². The number of H-pyrrole nitrogens is 1. The number of benzene rings is 2. The molecular formula is C18H15F2N3O. The molecule has 4 rings (SSSR count). The number of likely N-dealkylation sites (tertiary alicyclic amines) is 1. The Hall–Kier alpha value is -2.76. The zero-order valence-corrected chi connectivity index (χ0v) is 12.8. The maximum absolute atomic E-state index is 13.4. The molecule has 2 aromatic carbocycles. The molecule has 0 aliphatic carbocycles. The summed E-state index contributed by atoms with van der Waals surface area (Å²) < 4.78 is 26.8. The van der Waals surface area contributed by atoms with Crippen LogP contribution in [-0.4, -0.2) is 27.3 Å². The van der Waals surface area contributed by atoms with E-state index in [-0.39, 0.29) is 17.5 Å². The van der Waals surface area contributed by atoms with Crippen LogP contribution in [0.4, 0.5) is 8.78 Å². The van der Waals surface area contributed by atoms with Crippen LogP contribution in [-0.2, 0) is 0 Å². The van der Waals surface area contributed by atoms with Gasteiger partial charge in [-0.25, -0.2) is 13.8 Å². The Kier molecular flexibility index (Phi) is 3.52. The number of nitrogens with one attached hydrogen (secondary N) is 1. The molecule has 1 saturated heterocycles. The zero-order valence-electron chi connectivity index (χ0n) is 12.8. The number of amides is 1. The molecule has 1 amide bonds. The highest BCUT2D eigenvalue weighted by Crippen LogP contribution is 2.32. The number of halogens is 2. The van der Waals surface area contributed by atoms with Gasteiger partial charge in [-0.3, -0.25) is 4.79 Å². The number of carbonyl (C=O) groups is 1. The quantitative estimate of drug-likeness (QED) is 0.778. The molecule has 0 bridgehead atoms. The zero-order chi connectivity index (χ0) is 16.7. The van der Waals surface area contributed by atoms with Crippen LogP contribution in [0.15, 0.2) is 42.5 Å². The third kappa shape index (κ3) is 2.54. The van der Waals surface area contributed by atoms with Crippen LogP contribution in [0.1, 0.15) is 35.1 Å². The van der Waals surface area contributed by atoms with Gasteiger partial charge in [-0.05, 0) is 37.1 Å². The van der Waals surface area contributed by atoms with Crippen molar-refractivity contribution in [2.45, 2.75) is 18.9 Å². The summed E-state index contributed by atoms with van der Waals surface area (Å²) in [5.74, 6) is -1.18. The SMILES string of the molecule is O=C(c1cc(F)cc(F)c1)N1CCCC1c1nc2ccccc2[nH]1. The minimum Gasteiger partial charge on any atom is -0.340 e. The van der Waals surface area contributed by atoms with Gasteiger partial charge in [-0.15, -0.1) is 0 Å². The van der Waals surface area contributed by atoms with Crippen molar-refractivity contribution < 1.29 is 13.6 Å². The Morgan fingerprint density at radius 2 is 1.92 bits per heavy atom. The molecule has 24 heavy (non-hydrogen) atoms. The van der Waals surface area contributed by atoms with Crippen molar-refractivity contribution in [1.82, 2.24) is 14.9 Å². The molecule has 0 saturated carbocycles. The first-order chi connectivity index (χ1) is 11.6. The Balaban J connectivity index is 1.68. The Morgan fingerprint density at radius 3 is 2.67 bits per heavy atom. The molecule has 6 heteroatoms. The minimum atomic E-state index is -0.752. The van der Waals surface area contributed by atoms with Crippen molar-refractivity contribution in [2.24, 2.45) is 0 Å². The number of carbonyl (C=O) groups excluding carboxylic acids is 1. The van der Waals surface area contributed by atoms with Crippen molar-refractivity contribution in [3.63, 3.8) is 0 Å². The van der Waals surface area contributed by atoms with Gasteiger partial charge in [0, 0.05) is 18.2 Å². The van der Waals surface area contributed by atoms with Crippen molar-refractivity contribution in [2.75, 3.05) is 6.54 Å². The lowest BCUT2D eigenvalue weighted by molar-refractivity contribution is 0.0729. The van der Waals surface area contributed by atoms with Gasteiger partial charge in [0.25, 0.3) is 5.91 Å². The fourth-order valence-electron chi connectivity index (χ4n) is 3.27. The second-order valence-corrected chi connectivity index (χ2v) is 5.95. The monoisotopic (exact) mass is 327 g/mol. The molecule has 0 radical (unpaired) electrons. The first-order valence-corrected chi connectivity index (χ1v) is 7.83. The lowest BCUT2D eigenvalue weighted by Crippen LogP contribution is -2.31. The first-order valence-electron chi connectivity index (χ1n) is 7.83. The molecule has 1 atom stereocenters. The van der Waals surface area contributed by atoms with E-state index in [2.05, 4.69) is 9.97 Å². The predicted molar refractivity (Wildman–Crippen MR) is 85.5 cm³/mol. The van der Waals surface area contributed by atoms with Gasteiger partial charge in [-0.1, -0.05) is 12.1 Å². The van der Waals surface area contributed by atoms with Crippen LogP contribution in [0.2, 0.25) is 0 Å². The Labute approximate surface area is 137 Å². The molecular weight excluding hydrogens is 312 g/mol. The minimum absolute atomic E-state index is 0.0236. The van der Waals surface area contributed by atoms with Gasteiger partial charge >= 0.3 is 0 Å². The highest BCUT2D eigenvalue weighted by atomic mass is 19.1. The van der Waals surface area contributed by atoms with E-state index in [0.717, 1.165) is 42.1 Å². The van der Waals surface area contributed by atoms with Crippen LogP contribution in [0.3, 0.4) is 0 Å². The second-order valence-electron chi connectivity index (χ2n) is 5.95. The normalized spacial score (nSPS) is 17.6. The number of aromatic amines is 1. The van der Waals surface area contributed by atoms with E-state index in [1.54, 1.807) is 4.90 Å². The summed E-state index contributed by atoms with van der Waals surface area (Å²) in [5, 5.41) is 0. The number of aromatic nitrogens is 2. The number of hydrogen-bond donors (Lipinski definition) is 1. The lowest BCUT2D eigenvalue weighted by Gasteiger charge is -2.23. The molecule has 0 spiro atoms. The summed E-state index contributed by atoms with van der Waals surface area (Å²) >= 11 is 0. The summed E-state index contributed by atoms with van der Waals surface area (Å²) in [6.07, 6.45) is 1.59. The van der Waals surface area contributed by atoms with E-state index >= 15 is 0 Å². The molecule has 1 aliphatic rings. The summed E-state index contributed by atoms with van der Waals surface area (Å²) in [6.45, 7) is 0.540. The van der Waals surface area contributed by atoms with Crippen molar-refractivity contribution >= 4 is 16.9 Å². The molecule has 1 aromatic heterocycles. The van der Waals surface area contributed by atoms with Gasteiger partial charge in [0.15, 0.2) is 0 Å². The van der Waals surface area contributed by atoms with Crippen LogP contribution in [0, 0.1) is 11.6 Å². The smallest absolute Gasteiger partial charge is 0.254 e. The molecule has 122 valence electrons. The number of imidazole rings is 1. The van der Waals surface area contributed by atoms with E-state index in [9.17, 15) is 13.6 Å². The van der Waals surface area contributed by atoms with Gasteiger partial charge in [0.05, 0.1) is 17.1 Å². The number of para-hydroxylation sites is 2. The Bertz CT molecular complexity index is 868. The first kappa shape index (κ1) is 14.8. The third-order valence-corrected chi connectivity index (χ3v) is 4.35. The number of rotatable bonds is 2. The summed E-state index contributed by atoms with van der Waals surface area (Å²) in [7, 11) is 0. The maximum atomic E-state index is 13.4. The molecule has 2 heterocycles. The van der Waals surface area contributed by atoms with Crippen molar-refractivity contribution in [3.8, 4) is 0 Å². The Morgan fingerprint density at radius 1 is 1.17 bits per heavy atom. The fourth-order valence-corrected chi connectivity index (χ4v) is 3.27. The fraction of sp³-hybridized carbons (Fsp3) is 0.222. The lowest BCUT2D eigenvalue weighted by atomic mass is 10.1. The van der Waals surface area contributed by atoms with E-state index in [4.69, 9.17) is 0 Å². The summed E-state index contributed by atoms with van der Waals surface area (Å²) in [4.78, 5) is 22.1. The average molecular weight is 327 g/mol. The van der Waals surface area contributed by atoms with Crippen molar-refractivity contribution in [3.05, 3.63) is 65.5 Å². The number of nitrogens with zero attached hydrogens (tertiary/aromatic N) is 2. The predicted octanol–water partition coefficient (Wildman–Crippen LogP) is 3.82. The molecule has 3 aromatic rings. The number of fused-ring (bicyclic) bond motifs is 1. The van der Waals surface area contributed by atoms with E-state index in [0.29, 0.717) is 12.4 Å². The van der Waals surface area contributed by atoms with Crippen LogP contribution >= 0.6 is 0 Å². The topological polar surface area (TPSA) is 49.0 Å². The van der Waals surface area contributed by atoms with Crippen LogP contribution in [0.5, 0.6) is 0 Å². The number of hydrogen-bond acceptors (Lipinski definition) is 2. The summed E-state index contributed by atoms with van der Waals surface area (Å²) in [6, 6.07) is 10.3. The molecule has 1 N–H and O–H groups in total. The molecule has 4 nitrogen and oxygen atoms in total.